The second-order valence-electron chi connectivity index (χ2n) is 9.14. The fraction of sp³-hybridized carbons (Fsp3) is 0.455. The monoisotopic (exact) mass is 463 g/mol. The maximum absolute atomic E-state index is 10.9. The largest absolute Gasteiger partial charge is 0.279 e. The molecule has 0 saturated carbocycles. The Hall–Kier alpha value is -2.10. The molecule has 7 nitrogen and oxygen atoms in total. The van der Waals surface area contributed by atoms with E-state index < -0.39 is 9.85 Å². The molecule has 0 atom stereocenters. The SMILES string of the molecule is CC(C)(C)CC(C)(C)N(CSc1ccc([N+](=O)[O-])cc1)CSc1ccc([N+](=O)[O-])cc1. The van der Waals surface area contributed by atoms with Gasteiger partial charge in [0.25, 0.3) is 11.4 Å². The second-order valence-corrected chi connectivity index (χ2v) is 11.2. The van der Waals surface area contributed by atoms with Gasteiger partial charge in [0.1, 0.15) is 0 Å². The van der Waals surface area contributed by atoms with E-state index in [1.807, 2.05) is 0 Å². The zero-order valence-corrected chi connectivity index (χ0v) is 20.2. The molecule has 0 spiro atoms. The van der Waals surface area contributed by atoms with Crippen molar-refractivity contribution in [3.8, 4) is 0 Å². The van der Waals surface area contributed by atoms with E-state index >= 15 is 0 Å². The van der Waals surface area contributed by atoms with Gasteiger partial charge in [-0.05, 0) is 49.9 Å². The molecule has 0 aliphatic carbocycles. The van der Waals surface area contributed by atoms with Crippen molar-refractivity contribution in [2.24, 2.45) is 5.41 Å². The Balaban J connectivity index is 2.11. The van der Waals surface area contributed by atoms with E-state index in [9.17, 15) is 20.2 Å². The fourth-order valence-corrected chi connectivity index (χ4v) is 5.69. The first kappa shape index (κ1) is 25.2. The lowest BCUT2D eigenvalue weighted by atomic mass is 9.81. The molecule has 0 bridgehead atoms. The van der Waals surface area contributed by atoms with Crippen molar-refractivity contribution in [3.63, 3.8) is 0 Å². The molecule has 9 heteroatoms. The van der Waals surface area contributed by atoms with Gasteiger partial charge in [0.15, 0.2) is 0 Å². The van der Waals surface area contributed by atoms with Crippen LogP contribution in [0.2, 0.25) is 0 Å². The maximum Gasteiger partial charge on any atom is 0.269 e. The minimum absolute atomic E-state index is 0.0835. The van der Waals surface area contributed by atoms with Crippen molar-refractivity contribution in [1.82, 2.24) is 4.90 Å². The molecule has 0 aromatic heterocycles. The number of thioether (sulfide) groups is 2. The Morgan fingerprint density at radius 2 is 1.10 bits per heavy atom. The van der Waals surface area contributed by atoms with E-state index in [-0.39, 0.29) is 22.3 Å². The average molecular weight is 464 g/mol. The van der Waals surface area contributed by atoms with Crippen molar-refractivity contribution in [3.05, 3.63) is 68.8 Å². The molecule has 0 N–H and O–H groups in total. The highest BCUT2D eigenvalue weighted by Gasteiger charge is 2.31. The zero-order valence-electron chi connectivity index (χ0n) is 18.5. The van der Waals surface area contributed by atoms with Gasteiger partial charge in [0.05, 0.1) is 21.6 Å². The quantitative estimate of drug-likeness (QED) is 0.165. The molecule has 0 saturated heterocycles. The number of rotatable bonds is 10. The van der Waals surface area contributed by atoms with E-state index in [4.69, 9.17) is 0 Å². The summed E-state index contributed by atoms with van der Waals surface area (Å²) >= 11 is 3.29. The highest BCUT2D eigenvalue weighted by atomic mass is 32.2. The lowest BCUT2D eigenvalue weighted by Gasteiger charge is -2.42. The second kappa shape index (κ2) is 10.5. The van der Waals surface area contributed by atoms with E-state index in [1.54, 1.807) is 47.8 Å². The summed E-state index contributed by atoms with van der Waals surface area (Å²) in [6.45, 7) is 11.1. The summed E-state index contributed by atoms with van der Waals surface area (Å²) in [5.41, 5.74) is 0.239. The fourth-order valence-electron chi connectivity index (χ4n) is 3.43. The van der Waals surface area contributed by atoms with Crippen molar-refractivity contribution in [2.45, 2.75) is 56.4 Å². The van der Waals surface area contributed by atoms with Crippen molar-refractivity contribution in [2.75, 3.05) is 11.8 Å². The van der Waals surface area contributed by atoms with Gasteiger partial charge in [0.2, 0.25) is 0 Å². The van der Waals surface area contributed by atoms with E-state index in [0.717, 1.165) is 28.0 Å². The van der Waals surface area contributed by atoms with Crippen molar-refractivity contribution in [1.29, 1.82) is 0 Å². The van der Waals surface area contributed by atoms with Gasteiger partial charge in [-0.1, -0.05) is 20.8 Å². The summed E-state index contributed by atoms with van der Waals surface area (Å²) in [6.07, 6.45) is 0.988. The predicted octanol–water partition coefficient (Wildman–Crippen LogP) is 6.82. The number of nitro groups is 2. The van der Waals surface area contributed by atoms with Crippen LogP contribution in [0.25, 0.3) is 0 Å². The Kier molecular flexibility index (Phi) is 8.50. The van der Waals surface area contributed by atoms with Crippen LogP contribution < -0.4 is 0 Å². The van der Waals surface area contributed by atoms with Gasteiger partial charge in [-0.3, -0.25) is 25.1 Å². The molecule has 2 rings (SSSR count). The summed E-state index contributed by atoms with van der Waals surface area (Å²) in [6, 6.07) is 13.2. The van der Waals surface area contributed by atoms with Crippen molar-refractivity contribution >= 4 is 34.9 Å². The molecule has 0 aliphatic heterocycles. The molecule has 0 heterocycles. The summed E-state index contributed by atoms with van der Waals surface area (Å²) in [4.78, 5) is 25.3. The van der Waals surface area contributed by atoms with Gasteiger partial charge in [-0.2, -0.15) is 0 Å². The highest BCUT2D eigenvalue weighted by Crippen LogP contribution is 2.35. The number of non-ortho nitro benzene ring substituents is 2. The molecule has 0 fully saturated rings. The van der Waals surface area contributed by atoms with Gasteiger partial charge in [-0.25, -0.2) is 0 Å². The predicted molar refractivity (Wildman–Crippen MR) is 128 cm³/mol. The van der Waals surface area contributed by atoms with E-state index in [1.165, 1.54) is 24.3 Å². The molecule has 0 amide bonds. The third-order valence-corrected chi connectivity index (χ3v) is 6.78. The third-order valence-electron chi connectivity index (χ3n) is 4.69. The zero-order chi connectivity index (χ0) is 23.2. The first-order valence-electron chi connectivity index (χ1n) is 9.87. The molecule has 0 radical (unpaired) electrons. The van der Waals surface area contributed by atoms with Crippen LogP contribution in [0.4, 0.5) is 11.4 Å². The summed E-state index contributed by atoms with van der Waals surface area (Å²) in [5.74, 6) is 1.45. The van der Waals surface area contributed by atoms with Crippen LogP contribution >= 0.6 is 23.5 Å². The molecule has 0 unspecified atom stereocenters. The summed E-state index contributed by atoms with van der Waals surface area (Å²) in [5, 5.41) is 21.7. The van der Waals surface area contributed by atoms with Crippen LogP contribution in [0, 0.1) is 25.6 Å². The van der Waals surface area contributed by atoms with E-state index in [2.05, 4.69) is 39.5 Å². The van der Waals surface area contributed by atoms with Gasteiger partial charge < -0.3 is 0 Å². The Morgan fingerprint density at radius 1 is 0.742 bits per heavy atom. The minimum atomic E-state index is -0.395. The van der Waals surface area contributed by atoms with Crippen LogP contribution in [0.5, 0.6) is 0 Å². The summed E-state index contributed by atoms with van der Waals surface area (Å²) in [7, 11) is 0. The average Bonchev–Trinajstić information content (AvgIpc) is 2.66. The number of nitrogens with zero attached hydrogens (tertiary/aromatic N) is 3. The number of hydrogen-bond acceptors (Lipinski definition) is 7. The van der Waals surface area contributed by atoms with E-state index in [0.29, 0.717) is 0 Å². The first-order chi connectivity index (χ1) is 14.4. The van der Waals surface area contributed by atoms with Crippen LogP contribution in [0.3, 0.4) is 0 Å². The molecule has 168 valence electrons. The number of nitro benzene ring substituents is 2. The number of hydrogen-bond donors (Lipinski definition) is 0. The molecular weight excluding hydrogens is 434 g/mol. The molecular formula is C22H29N3O4S2. The third kappa shape index (κ3) is 8.16. The lowest BCUT2D eigenvalue weighted by Crippen LogP contribution is -2.45. The first-order valence-corrected chi connectivity index (χ1v) is 11.8. The highest BCUT2D eigenvalue weighted by molar-refractivity contribution is 8.00. The summed E-state index contributed by atoms with van der Waals surface area (Å²) < 4.78 is 0. The van der Waals surface area contributed by atoms with Gasteiger partial charge in [0, 0.05) is 39.6 Å². The van der Waals surface area contributed by atoms with Crippen LogP contribution in [0.1, 0.15) is 41.0 Å². The standard InChI is InChI=1S/C22H29N3O4S2/c1-21(2,3)14-22(4,5)23(15-30-19-10-6-17(7-11-19)24(26)27)16-31-20-12-8-18(9-13-20)25(28)29/h6-13H,14-16H2,1-5H3. The normalized spacial score (nSPS) is 12.2. The van der Waals surface area contributed by atoms with Gasteiger partial charge >= 0.3 is 0 Å². The maximum atomic E-state index is 10.9. The Labute approximate surface area is 191 Å². The van der Waals surface area contributed by atoms with Crippen LogP contribution in [0.15, 0.2) is 58.3 Å². The molecule has 2 aromatic carbocycles. The lowest BCUT2D eigenvalue weighted by molar-refractivity contribution is -0.385. The Bertz CT molecular complexity index is 833. The smallest absolute Gasteiger partial charge is 0.269 e. The Morgan fingerprint density at radius 3 is 1.39 bits per heavy atom. The van der Waals surface area contributed by atoms with Crippen LogP contribution in [-0.4, -0.2) is 32.0 Å². The van der Waals surface area contributed by atoms with Crippen molar-refractivity contribution < 1.29 is 9.85 Å². The molecule has 2 aromatic rings. The minimum Gasteiger partial charge on any atom is -0.279 e. The van der Waals surface area contributed by atoms with Crippen LogP contribution in [-0.2, 0) is 0 Å². The number of benzene rings is 2. The topological polar surface area (TPSA) is 89.5 Å². The molecule has 0 aliphatic rings. The molecule has 31 heavy (non-hydrogen) atoms. The van der Waals surface area contributed by atoms with Gasteiger partial charge in [-0.15, -0.1) is 23.5 Å².